The van der Waals surface area contributed by atoms with Crippen LogP contribution in [0, 0.1) is 11.6 Å². The average Bonchev–Trinajstić information content (AvgIpc) is 2.33. The quantitative estimate of drug-likeness (QED) is 0.860. The molecule has 1 N–H and O–H groups in total. The van der Waals surface area contributed by atoms with Gasteiger partial charge in [-0.1, -0.05) is 13.0 Å². The van der Waals surface area contributed by atoms with Gasteiger partial charge in [0.25, 0.3) is 0 Å². The fraction of sp³-hybridized carbons (Fsp3) is 0.417. The first-order valence-corrected chi connectivity index (χ1v) is 7.80. The Balaban J connectivity index is 3.12. The molecule has 1 aromatic rings. The summed E-state index contributed by atoms with van der Waals surface area (Å²) in [5.74, 6) is -2.71. The number of hydrogen-bond donors (Lipinski definition) is 1. The summed E-state index contributed by atoms with van der Waals surface area (Å²) in [4.78, 5) is 11.6. The minimum absolute atomic E-state index is 0.357. The SMILES string of the molecule is CCCNC(=O)CN(c1c(F)cccc1F)S(C)(=O)=O. The van der Waals surface area contributed by atoms with Crippen LogP contribution in [0.5, 0.6) is 0 Å². The number of amides is 1. The van der Waals surface area contributed by atoms with E-state index in [1.165, 1.54) is 0 Å². The van der Waals surface area contributed by atoms with Gasteiger partial charge in [-0.25, -0.2) is 17.2 Å². The molecule has 8 heteroatoms. The van der Waals surface area contributed by atoms with Gasteiger partial charge in [-0.2, -0.15) is 0 Å². The van der Waals surface area contributed by atoms with E-state index >= 15 is 0 Å². The van der Waals surface area contributed by atoms with Crippen LogP contribution in [0.4, 0.5) is 14.5 Å². The van der Waals surface area contributed by atoms with E-state index < -0.39 is 39.8 Å². The second-order valence-electron chi connectivity index (χ2n) is 4.19. The second kappa shape index (κ2) is 6.65. The van der Waals surface area contributed by atoms with Crippen LogP contribution >= 0.6 is 0 Å². The van der Waals surface area contributed by atoms with E-state index in [0.717, 1.165) is 24.5 Å². The van der Waals surface area contributed by atoms with Crippen molar-refractivity contribution in [3.63, 3.8) is 0 Å². The Hall–Kier alpha value is -1.70. The number of rotatable bonds is 6. The van der Waals surface area contributed by atoms with Gasteiger partial charge >= 0.3 is 0 Å². The Bertz CT molecular complexity index is 570. The van der Waals surface area contributed by atoms with Crippen LogP contribution in [-0.4, -0.2) is 33.7 Å². The number of carbonyl (C=O) groups excluding carboxylic acids is 1. The topological polar surface area (TPSA) is 66.5 Å². The van der Waals surface area contributed by atoms with Crippen molar-refractivity contribution < 1.29 is 22.0 Å². The molecule has 0 aliphatic rings. The molecule has 0 heterocycles. The summed E-state index contributed by atoms with van der Waals surface area (Å²) in [5.41, 5.74) is -0.748. The fourth-order valence-corrected chi connectivity index (χ4v) is 2.40. The lowest BCUT2D eigenvalue weighted by atomic mass is 10.3. The first-order valence-electron chi connectivity index (χ1n) is 5.95. The van der Waals surface area contributed by atoms with Gasteiger partial charge in [0.15, 0.2) is 11.6 Å². The minimum Gasteiger partial charge on any atom is -0.355 e. The molecule has 0 unspecified atom stereocenters. The third-order valence-corrected chi connectivity index (χ3v) is 3.56. The maximum absolute atomic E-state index is 13.7. The van der Waals surface area contributed by atoms with Gasteiger partial charge in [0, 0.05) is 6.54 Å². The molecule has 112 valence electrons. The number of sulfonamides is 1. The van der Waals surface area contributed by atoms with E-state index in [0.29, 0.717) is 17.3 Å². The smallest absolute Gasteiger partial charge is 0.240 e. The Kier molecular flexibility index (Phi) is 5.43. The first-order chi connectivity index (χ1) is 9.27. The molecular weight excluding hydrogens is 290 g/mol. The summed E-state index contributed by atoms with van der Waals surface area (Å²) in [6, 6.07) is 2.98. The summed E-state index contributed by atoms with van der Waals surface area (Å²) in [6.07, 6.45) is 1.45. The maximum Gasteiger partial charge on any atom is 0.240 e. The maximum atomic E-state index is 13.7. The van der Waals surface area contributed by atoms with Crippen molar-refractivity contribution in [2.75, 3.05) is 23.7 Å². The zero-order valence-electron chi connectivity index (χ0n) is 11.2. The molecule has 1 rings (SSSR count). The highest BCUT2D eigenvalue weighted by molar-refractivity contribution is 7.92. The summed E-state index contributed by atoms with van der Waals surface area (Å²) in [5, 5.41) is 2.45. The number of anilines is 1. The Morgan fingerprint density at radius 1 is 1.30 bits per heavy atom. The number of benzene rings is 1. The van der Waals surface area contributed by atoms with Crippen molar-refractivity contribution in [2.45, 2.75) is 13.3 Å². The molecule has 0 bridgehead atoms. The minimum atomic E-state index is -3.99. The van der Waals surface area contributed by atoms with Crippen molar-refractivity contribution in [3.8, 4) is 0 Å². The number of hydrogen-bond acceptors (Lipinski definition) is 3. The van der Waals surface area contributed by atoms with E-state index in [1.54, 1.807) is 0 Å². The molecule has 0 saturated carbocycles. The molecule has 5 nitrogen and oxygen atoms in total. The van der Waals surface area contributed by atoms with Crippen LogP contribution in [-0.2, 0) is 14.8 Å². The van der Waals surface area contributed by atoms with Crippen LogP contribution in [0.2, 0.25) is 0 Å². The van der Waals surface area contributed by atoms with Gasteiger partial charge in [-0.3, -0.25) is 9.10 Å². The molecule has 20 heavy (non-hydrogen) atoms. The third kappa shape index (κ3) is 4.16. The molecule has 1 amide bonds. The van der Waals surface area contributed by atoms with Gasteiger partial charge < -0.3 is 5.32 Å². The third-order valence-electron chi connectivity index (χ3n) is 2.45. The van der Waals surface area contributed by atoms with E-state index in [2.05, 4.69) is 5.32 Å². The number of halogens is 2. The van der Waals surface area contributed by atoms with E-state index in [-0.39, 0.29) is 0 Å². The first kappa shape index (κ1) is 16.4. The van der Waals surface area contributed by atoms with Crippen LogP contribution in [0.25, 0.3) is 0 Å². The zero-order valence-corrected chi connectivity index (χ0v) is 12.0. The van der Waals surface area contributed by atoms with Crippen LogP contribution in [0.3, 0.4) is 0 Å². The van der Waals surface area contributed by atoms with Gasteiger partial charge in [0.05, 0.1) is 6.26 Å². The lowest BCUT2D eigenvalue weighted by molar-refractivity contribution is -0.119. The Morgan fingerprint density at radius 2 is 1.85 bits per heavy atom. The summed E-state index contributed by atoms with van der Waals surface area (Å²) in [6.45, 7) is 1.51. The molecule has 0 aliphatic carbocycles. The van der Waals surface area contributed by atoms with Crippen molar-refractivity contribution in [1.29, 1.82) is 0 Å². The van der Waals surface area contributed by atoms with Crippen molar-refractivity contribution in [3.05, 3.63) is 29.8 Å². The molecule has 0 spiro atoms. The number of carbonyl (C=O) groups is 1. The highest BCUT2D eigenvalue weighted by Gasteiger charge is 2.26. The average molecular weight is 306 g/mol. The monoisotopic (exact) mass is 306 g/mol. The van der Waals surface area contributed by atoms with Gasteiger partial charge in [-0.05, 0) is 18.6 Å². The summed E-state index contributed by atoms with van der Waals surface area (Å²) in [7, 11) is -3.99. The van der Waals surface area contributed by atoms with Crippen LogP contribution in [0.15, 0.2) is 18.2 Å². The van der Waals surface area contributed by atoms with Crippen molar-refractivity contribution >= 4 is 21.6 Å². The lowest BCUT2D eigenvalue weighted by Crippen LogP contribution is -2.41. The molecule has 0 radical (unpaired) electrons. The summed E-state index contributed by atoms with van der Waals surface area (Å²) < 4.78 is 51.0. The predicted molar refractivity (Wildman–Crippen MR) is 71.8 cm³/mol. The highest BCUT2D eigenvalue weighted by Crippen LogP contribution is 2.25. The molecule has 0 atom stereocenters. The molecule has 0 aromatic heterocycles. The lowest BCUT2D eigenvalue weighted by Gasteiger charge is -2.22. The molecule has 1 aromatic carbocycles. The number of nitrogens with one attached hydrogen (secondary N) is 1. The standard InChI is InChI=1S/C12H16F2N2O3S/c1-3-7-15-11(17)8-16(20(2,18)19)12-9(13)5-4-6-10(12)14/h4-6H,3,7-8H2,1-2H3,(H,15,17). The van der Waals surface area contributed by atoms with Gasteiger partial charge in [0.1, 0.15) is 12.2 Å². The van der Waals surface area contributed by atoms with E-state index in [4.69, 9.17) is 0 Å². The number of para-hydroxylation sites is 1. The predicted octanol–water partition coefficient (Wildman–Crippen LogP) is 1.26. The Labute approximate surface area is 116 Å². The molecular formula is C12H16F2N2O3S. The number of nitrogens with zero attached hydrogens (tertiary/aromatic N) is 1. The normalized spacial score (nSPS) is 11.2. The zero-order chi connectivity index (χ0) is 15.3. The Morgan fingerprint density at radius 3 is 2.30 bits per heavy atom. The van der Waals surface area contributed by atoms with Crippen molar-refractivity contribution in [1.82, 2.24) is 5.32 Å². The highest BCUT2D eigenvalue weighted by atomic mass is 32.2. The second-order valence-corrected chi connectivity index (χ2v) is 6.10. The van der Waals surface area contributed by atoms with Crippen molar-refractivity contribution in [2.24, 2.45) is 0 Å². The summed E-state index contributed by atoms with van der Waals surface area (Å²) >= 11 is 0. The van der Waals surface area contributed by atoms with E-state index in [9.17, 15) is 22.0 Å². The largest absolute Gasteiger partial charge is 0.355 e. The van der Waals surface area contributed by atoms with Gasteiger partial charge in [-0.15, -0.1) is 0 Å². The molecule has 0 saturated heterocycles. The van der Waals surface area contributed by atoms with Crippen LogP contribution in [0.1, 0.15) is 13.3 Å². The molecule has 0 aliphatic heterocycles. The van der Waals surface area contributed by atoms with E-state index in [1.807, 2.05) is 6.92 Å². The fourth-order valence-electron chi connectivity index (χ4n) is 1.54. The molecule has 0 fully saturated rings. The van der Waals surface area contributed by atoms with Gasteiger partial charge in [0.2, 0.25) is 15.9 Å². The van der Waals surface area contributed by atoms with Crippen LogP contribution < -0.4 is 9.62 Å².